The van der Waals surface area contributed by atoms with E-state index in [1.807, 2.05) is 12.1 Å². The van der Waals surface area contributed by atoms with Gasteiger partial charge in [-0.2, -0.15) is 0 Å². The van der Waals surface area contributed by atoms with Gasteiger partial charge in [-0.25, -0.2) is 0 Å². The van der Waals surface area contributed by atoms with Crippen molar-refractivity contribution >= 4 is 5.78 Å². The molecule has 1 aliphatic heterocycles. The molecule has 0 amide bonds. The fraction of sp³-hybridized carbons (Fsp3) is 0.588. The van der Waals surface area contributed by atoms with Gasteiger partial charge in [0, 0.05) is 5.56 Å². The molecule has 110 valence electrons. The van der Waals surface area contributed by atoms with Gasteiger partial charge in [-0.15, -0.1) is 0 Å². The Morgan fingerprint density at radius 2 is 1.90 bits per heavy atom. The second-order valence-electron chi connectivity index (χ2n) is 5.95. The van der Waals surface area contributed by atoms with Crippen LogP contribution < -0.4 is 0 Å². The third kappa shape index (κ3) is 3.28. The van der Waals surface area contributed by atoms with Crippen molar-refractivity contribution in [3.63, 3.8) is 0 Å². The first kappa shape index (κ1) is 15.2. The van der Waals surface area contributed by atoms with Gasteiger partial charge in [0.25, 0.3) is 0 Å². The molecule has 0 bridgehead atoms. The van der Waals surface area contributed by atoms with Crippen molar-refractivity contribution in [2.75, 3.05) is 19.8 Å². The van der Waals surface area contributed by atoms with Gasteiger partial charge in [0.05, 0.1) is 19.8 Å². The Hall–Kier alpha value is -1.19. The third-order valence-corrected chi connectivity index (χ3v) is 3.74. The molecule has 0 radical (unpaired) electrons. The van der Waals surface area contributed by atoms with Gasteiger partial charge in [0.1, 0.15) is 6.10 Å². The Balaban J connectivity index is 2.32. The van der Waals surface area contributed by atoms with Crippen molar-refractivity contribution in [3.05, 3.63) is 34.9 Å². The molecule has 2 rings (SSSR count). The van der Waals surface area contributed by atoms with Gasteiger partial charge < -0.3 is 9.47 Å². The highest BCUT2D eigenvalue weighted by molar-refractivity contribution is 6.01. The molecule has 20 heavy (non-hydrogen) atoms. The van der Waals surface area contributed by atoms with E-state index in [2.05, 4.69) is 33.8 Å². The first-order valence-electron chi connectivity index (χ1n) is 7.38. The minimum absolute atomic E-state index is 0.0451. The van der Waals surface area contributed by atoms with Crippen LogP contribution in [0.4, 0.5) is 0 Å². The summed E-state index contributed by atoms with van der Waals surface area (Å²) in [6, 6.07) is 6.16. The van der Waals surface area contributed by atoms with Crippen molar-refractivity contribution < 1.29 is 14.3 Å². The molecule has 0 aliphatic carbocycles. The highest BCUT2D eigenvalue weighted by atomic mass is 16.6. The van der Waals surface area contributed by atoms with Crippen LogP contribution in [0.1, 0.15) is 61.0 Å². The summed E-state index contributed by atoms with van der Waals surface area (Å²) >= 11 is 0. The molecule has 0 N–H and O–H groups in total. The zero-order valence-corrected chi connectivity index (χ0v) is 12.8. The van der Waals surface area contributed by atoms with Gasteiger partial charge in [-0.1, -0.05) is 45.9 Å². The van der Waals surface area contributed by atoms with E-state index in [1.165, 1.54) is 5.56 Å². The van der Waals surface area contributed by atoms with Crippen LogP contribution >= 0.6 is 0 Å². The summed E-state index contributed by atoms with van der Waals surface area (Å²) in [4.78, 5) is 12.6. The number of benzene rings is 1. The minimum Gasteiger partial charge on any atom is -0.376 e. The Morgan fingerprint density at radius 3 is 2.45 bits per heavy atom. The topological polar surface area (TPSA) is 35.5 Å². The molecule has 0 spiro atoms. The maximum atomic E-state index is 12.6. The molecular weight excluding hydrogens is 252 g/mol. The van der Waals surface area contributed by atoms with E-state index >= 15 is 0 Å². The summed E-state index contributed by atoms with van der Waals surface area (Å²) in [5.41, 5.74) is 3.15. The smallest absolute Gasteiger partial charge is 0.194 e. The number of carbonyl (C=O) groups is 1. The van der Waals surface area contributed by atoms with Crippen molar-refractivity contribution in [1.29, 1.82) is 0 Å². The summed E-state index contributed by atoms with van der Waals surface area (Å²) in [5, 5.41) is 0. The summed E-state index contributed by atoms with van der Waals surface area (Å²) in [5.74, 6) is 0.826. The van der Waals surface area contributed by atoms with Crippen LogP contribution in [0.5, 0.6) is 0 Å². The first-order chi connectivity index (χ1) is 9.50. The van der Waals surface area contributed by atoms with Crippen molar-refractivity contribution in [2.24, 2.45) is 0 Å². The molecule has 1 saturated heterocycles. The Bertz CT molecular complexity index is 471. The van der Waals surface area contributed by atoms with Crippen LogP contribution in [0.25, 0.3) is 0 Å². The largest absolute Gasteiger partial charge is 0.376 e. The van der Waals surface area contributed by atoms with E-state index < -0.39 is 6.10 Å². The Labute approximate surface area is 121 Å². The molecule has 1 aliphatic rings. The van der Waals surface area contributed by atoms with Gasteiger partial charge in [0.15, 0.2) is 5.78 Å². The molecule has 0 saturated carbocycles. The lowest BCUT2D eigenvalue weighted by Gasteiger charge is -2.24. The monoisotopic (exact) mass is 276 g/mol. The van der Waals surface area contributed by atoms with Gasteiger partial charge in [-0.05, 0) is 23.0 Å². The lowest BCUT2D eigenvalue weighted by Crippen LogP contribution is -2.36. The van der Waals surface area contributed by atoms with E-state index in [1.54, 1.807) is 0 Å². The molecule has 3 nitrogen and oxygen atoms in total. The van der Waals surface area contributed by atoms with Crippen LogP contribution in [0, 0.1) is 0 Å². The molecule has 1 aromatic rings. The number of Topliss-reactive ketones (excluding diaryl/α,β-unsaturated/α-hetero) is 1. The summed E-state index contributed by atoms with van der Waals surface area (Å²) in [7, 11) is 0. The Kier molecular flexibility index (Phi) is 4.95. The second kappa shape index (κ2) is 6.51. The molecule has 1 aromatic carbocycles. The molecule has 1 fully saturated rings. The zero-order chi connectivity index (χ0) is 14.7. The van der Waals surface area contributed by atoms with Crippen LogP contribution in [-0.4, -0.2) is 31.7 Å². The molecule has 1 heterocycles. The number of ketones is 1. The van der Waals surface area contributed by atoms with Gasteiger partial charge in [0.2, 0.25) is 0 Å². The van der Waals surface area contributed by atoms with E-state index in [0.717, 1.165) is 11.1 Å². The van der Waals surface area contributed by atoms with Crippen LogP contribution in [-0.2, 0) is 9.47 Å². The fourth-order valence-electron chi connectivity index (χ4n) is 2.45. The van der Waals surface area contributed by atoms with Crippen molar-refractivity contribution in [1.82, 2.24) is 0 Å². The third-order valence-electron chi connectivity index (χ3n) is 3.74. The quantitative estimate of drug-likeness (QED) is 0.789. The minimum atomic E-state index is -0.453. The predicted molar refractivity (Wildman–Crippen MR) is 79.5 cm³/mol. The standard InChI is InChI=1S/C17H24O3/c1-11(2)13-5-6-14(15(9-13)12(3)4)17(18)16-10-19-7-8-20-16/h5-6,9,11-12,16H,7-8,10H2,1-4H3. The maximum Gasteiger partial charge on any atom is 0.194 e. The average molecular weight is 276 g/mol. The number of ether oxygens (including phenoxy) is 2. The molecule has 3 heteroatoms. The number of hydrogen-bond acceptors (Lipinski definition) is 3. The van der Waals surface area contributed by atoms with Crippen LogP contribution in [0.3, 0.4) is 0 Å². The lowest BCUT2D eigenvalue weighted by molar-refractivity contribution is -0.0719. The number of rotatable bonds is 4. The SMILES string of the molecule is CC(C)c1ccc(C(=O)C2COCCO2)c(C(C)C)c1. The van der Waals surface area contributed by atoms with Crippen LogP contribution in [0.2, 0.25) is 0 Å². The van der Waals surface area contributed by atoms with Crippen molar-refractivity contribution in [3.8, 4) is 0 Å². The van der Waals surface area contributed by atoms with E-state index in [0.29, 0.717) is 31.7 Å². The zero-order valence-electron chi connectivity index (χ0n) is 12.8. The molecule has 1 unspecified atom stereocenters. The summed E-state index contributed by atoms with van der Waals surface area (Å²) in [6.45, 7) is 10.0. The lowest BCUT2D eigenvalue weighted by atomic mass is 9.89. The average Bonchev–Trinajstić information content (AvgIpc) is 2.46. The fourth-order valence-corrected chi connectivity index (χ4v) is 2.45. The van der Waals surface area contributed by atoms with Crippen molar-refractivity contribution in [2.45, 2.75) is 45.6 Å². The molecule has 0 aromatic heterocycles. The van der Waals surface area contributed by atoms with Gasteiger partial charge in [-0.3, -0.25) is 4.79 Å². The second-order valence-corrected chi connectivity index (χ2v) is 5.95. The highest BCUT2D eigenvalue weighted by Gasteiger charge is 2.26. The summed E-state index contributed by atoms with van der Waals surface area (Å²) < 4.78 is 10.9. The van der Waals surface area contributed by atoms with Gasteiger partial charge >= 0.3 is 0 Å². The van der Waals surface area contributed by atoms with E-state index in [9.17, 15) is 4.79 Å². The normalized spacial score (nSPS) is 19.6. The van der Waals surface area contributed by atoms with E-state index in [4.69, 9.17) is 9.47 Å². The van der Waals surface area contributed by atoms with E-state index in [-0.39, 0.29) is 5.78 Å². The number of carbonyl (C=O) groups excluding carboxylic acids is 1. The highest BCUT2D eigenvalue weighted by Crippen LogP contribution is 2.26. The summed E-state index contributed by atoms with van der Waals surface area (Å²) in [6.07, 6.45) is -0.453. The first-order valence-corrected chi connectivity index (χ1v) is 7.38. The van der Waals surface area contributed by atoms with Crippen LogP contribution in [0.15, 0.2) is 18.2 Å². The number of hydrogen-bond donors (Lipinski definition) is 0. The Morgan fingerprint density at radius 1 is 1.15 bits per heavy atom. The molecule has 1 atom stereocenters. The maximum absolute atomic E-state index is 12.6. The predicted octanol–water partition coefficient (Wildman–Crippen LogP) is 3.53. The molecular formula is C17H24O3.